The number of piperidine rings is 1. The number of benzene rings is 1. The van der Waals surface area contributed by atoms with E-state index in [9.17, 15) is 14.0 Å². The zero-order chi connectivity index (χ0) is 18.5. The van der Waals surface area contributed by atoms with Gasteiger partial charge in [0.1, 0.15) is 5.82 Å². The van der Waals surface area contributed by atoms with Gasteiger partial charge in [-0.15, -0.1) is 0 Å². The van der Waals surface area contributed by atoms with Crippen LogP contribution in [0.25, 0.3) is 0 Å². The number of carbonyl (C=O) groups is 2. The van der Waals surface area contributed by atoms with Crippen LogP contribution in [0.1, 0.15) is 31.7 Å². The molecule has 0 aliphatic carbocycles. The van der Waals surface area contributed by atoms with E-state index in [1.165, 1.54) is 12.1 Å². The Balaban J connectivity index is 1.47. The average molecular weight is 362 g/mol. The van der Waals surface area contributed by atoms with E-state index in [1.54, 1.807) is 24.0 Å². The van der Waals surface area contributed by atoms with Crippen molar-refractivity contribution in [2.75, 3.05) is 19.7 Å². The lowest BCUT2D eigenvalue weighted by Gasteiger charge is -2.31. The van der Waals surface area contributed by atoms with Gasteiger partial charge >= 0.3 is 5.97 Å². The molecule has 0 saturated carbocycles. The van der Waals surface area contributed by atoms with E-state index in [1.807, 2.05) is 0 Å². The number of likely N-dealkylation sites (tertiary alicyclic amines) is 1. The molecule has 0 bridgehead atoms. The predicted octanol–water partition coefficient (Wildman–Crippen LogP) is 2.31. The summed E-state index contributed by atoms with van der Waals surface area (Å²) in [7, 11) is 0. The number of amides is 1. The molecule has 26 heavy (non-hydrogen) atoms. The molecule has 0 unspecified atom stereocenters. The molecule has 0 N–H and O–H groups in total. The fourth-order valence-corrected chi connectivity index (χ4v) is 3.30. The van der Waals surface area contributed by atoms with E-state index in [2.05, 4.69) is 5.16 Å². The largest absolute Gasteiger partial charge is 0.466 e. The molecule has 7 heteroatoms. The number of ether oxygens (including phenoxy) is 1. The standard InChI is InChI=1S/C19H23FN2O4/c1-2-25-19(24)14-7-9-22(10-8-14)18(23)17-12-16(21-26-17)11-13-3-5-15(20)6-4-13/h3-6,14,17H,2,7-12H2,1H3/t17-/m1/s1. The minimum Gasteiger partial charge on any atom is -0.466 e. The van der Waals surface area contributed by atoms with Gasteiger partial charge in [0, 0.05) is 25.9 Å². The van der Waals surface area contributed by atoms with Crippen molar-refractivity contribution in [3.8, 4) is 0 Å². The summed E-state index contributed by atoms with van der Waals surface area (Å²) in [6.07, 6.45) is 1.59. The molecule has 1 amide bonds. The summed E-state index contributed by atoms with van der Waals surface area (Å²) in [5.74, 6) is -0.682. The van der Waals surface area contributed by atoms with E-state index in [0.717, 1.165) is 11.3 Å². The molecule has 2 aliphatic rings. The second kappa shape index (κ2) is 8.29. The molecular weight excluding hydrogens is 339 g/mol. The molecule has 1 aromatic rings. The lowest BCUT2D eigenvalue weighted by molar-refractivity contribution is -0.153. The lowest BCUT2D eigenvalue weighted by Crippen LogP contribution is -2.45. The number of oxime groups is 1. The van der Waals surface area contributed by atoms with Gasteiger partial charge in [-0.25, -0.2) is 4.39 Å². The number of hydrogen-bond donors (Lipinski definition) is 0. The molecule has 140 valence electrons. The van der Waals surface area contributed by atoms with Crippen LogP contribution in [0.15, 0.2) is 29.4 Å². The SMILES string of the molecule is CCOC(=O)C1CCN(C(=O)[C@H]2CC(Cc3ccc(F)cc3)=NO2)CC1. The van der Waals surface area contributed by atoms with Crippen LogP contribution in [-0.4, -0.2) is 48.3 Å². The Labute approximate surface area is 151 Å². The Morgan fingerprint density at radius 3 is 2.62 bits per heavy atom. The van der Waals surface area contributed by atoms with Crippen molar-refractivity contribution in [2.24, 2.45) is 11.1 Å². The van der Waals surface area contributed by atoms with Crippen molar-refractivity contribution in [3.05, 3.63) is 35.6 Å². The highest BCUT2D eigenvalue weighted by molar-refractivity contribution is 5.94. The van der Waals surface area contributed by atoms with Crippen LogP contribution in [0.5, 0.6) is 0 Å². The molecule has 0 radical (unpaired) electrons. The number of carbonyl (C=O) groups excluding carboxylic acids is 2. The van der Waals surface area contributed by atoms with Gasteiger partial charge in [-0.3, -0.25) is 9.59 Å². The van der Waals surface area contributed by atoms with E-state index in [-0.39, 0.29) is 23.6 Å². The Bertz CT molecular complexity index is 681. The molecule has 0 aromatic heterocycles. The highest BCUT2D eigenvalue weighted by Crippen LogP contribution is 2.22. The number of halogens is 1. The number of esters is 1. The van der Waals surface area contributed by atoms with Gasteiger partial charge in [-0.2, -0.15) is 0 Å². The van der Waals surface area contributed by atoms with Crippen molar-refractivity contribution in [3.63, 3.8) is 0 Å². The Morgan fingerprint density at radius 2 is 1.96 bits per heavy atom. The van der Waals surface area contributed by atoms with Crippen LogP contribution in [0.3, 0.4) is 0 Å². The normalized spacial score (nSPS) is 20.5. The second-order valence-corrected chi connectivity index (χ2v) is 6.61. The molecule has 2 aliphatic heterocycles. The monoisotopic (exact) mass is 362 g/mol. The van der Waals surface area contributed by atoms with Crippen LogP contribution in [0.2, 0.25) is 0 Å². The molecule has 1 saturated heterocycles. The topological polar surface area (TPSA) is 68.2 Å². The van der Waals surface area contributed by atoms with Gasteiger partial charge in [-0.05, 0) is 37.5 Å². The van der Waals surface area contributed by atoms with Crippen LogP contribution >= 0.6 is 0 Å². The second-order valence-electron chi connectivity index (χ2n) is 6.61. The van der Waals surface area contributed by atoms with E-state index < -0.39 is 6.10 Å². The Morgan fingerprint density at radius 1 is 1.27 bits per heavy atom. The summed E-state index contributed by atoms with van der Waals surface area (Å²) in [4.78, 5) is 31.4. The third-order valence-corrected chi connectivity index (χ3v) is 4.75. The highest BCUT2D eigenvalue weighted by Gasteiger charge is 2.35. The van der Waals surface area contributed by atoms with Crippen molar-refractivity contribution < 1.29 is 23.6 Å². The van der Waals surface area contributed by atoms with Gasteiger partial charge < -0.3 is 14.5 Å². The number of nitrogens with zero attached hydrogens (tertiary/aromatic N) is 2. The minimum absolute atomic E-state index is 0.0924. The smallest absolute Gasteiger partial charge is 0.309 e. The molecular formula is C19H23FN2O4. The zero-order valence-electron chi connectivity index (χ0n) is 14.8. The maximum atomic E-state index is 13.0. The molecule has 1 aromatic carbocycles. The molecule has 6 nitrogen and oxygen atoms in total. The first kappa shape index (κ1) is 18.4. The summed E-state index contributed by atoms with van der Waals surface area (Å²) in [6.45, 7) is 3.21. The van der Waals surface area contributed by atoms with Gasteiger partial charge in [0.2, 0.25) is 6.10 Å². The maximum Gasteiger partial charge on any atom is 0.309 e. The van der Waals surface area contributed by atoms with E-state index in [4.69, 9.17) is 9.57 Å². The Kier molecular flexibility index (Phi) is 5.85. The minimum atomic E-state index is -0.607. The molecule has 2 heterocycles. The summed E-state index contributed by atoms with van der Waals surface area (Å²) < 4.78 is 18.0. The zero-order valence-corrected chi connectivity index (χ0v) is 14.8. The molecule has 0 spiro atoms. The maximum absolute atomic E-state index is 13.0. The highest BCUT2D eigenvalue weighted by atomic mass is 19.1. The lowest BCUT2D eigenvalue weighted by atomic mass is 9.96. The fourth-order valence-electron chi connectivity index (χ4n) is 3.30. The molecule has 3 rings (SSSR count). The third kappa shape index (κ3) is 4.39. The van der Waals surface area contributed by atoms with Gasteiger partial charge in [0.05, 0.1) is 18.2 Å². The third-order valence-electron chi connectivity index (χ3n) is 4.75. The van der Waals surface area contributed by atoms with Crippen molar-refractivity contribution in [1.29, 1.82) is 0 Å². The van der Waals surface area contributed by atoms with Crippen LogP contribution < -0.4 is 0 Å². The summed E-state index contributed by atoms with van der Waals surface area (Å²) in [6, 6.07) is 6.21. The summed E-state index contributed by atoms with van der Waals surface area (Å²) >= 11 is 0. The van der Waals surface area contributed by atoms with Crippen molar-refractivity contribution >= 4 is 17.6 Å². The first-order chi connectivity index (χ1) is 12.6. The van der Waals surface area contributed by atoms with Gasteiger partial charge in [-0.1, -0.05) is 17.3 Å². The summed E-state index contributed by atoms with van der Waals surface area (Å²) in [5, 5.41) is 4.02. The number of rotatable bonds is 5. The quantitative estimate of drug-likeness (QED) is 0.754. The van der Waals surface area contributed by atoms with Gasteiger partial charge in [0.15, 0.2) is 0 Å². The van der Waals surface area contributed by atoms with Crippen LogP contribution in [0.4, 0.5) is 4.39 Å². The predicted molar refractivity (Wildman–Crippen MR) is 93.0 cm³/mol. The van der Waals surface area contributed by atoms with Crippen LogP contribution in [0, 0.1) is 11.7 Å². The number of hydrogen-bond acceptors (Lipinski definition) is 5. The van der Waals surface area contributed by atoms with Crippen molar-refractivity contribution in [2.45, 2.75) is 38.7 Å². The summed E-state index contributed by atoms with van der Waals surface area (Å²) in [5.41, 5.74) is 1.70. The Hall–Kier alpha value is -2.44. The van der Waals surface area contributed by atoms with Crippen LogP contribution in [-0.2, 0) is 25.6 Å². The van der Waals surface area contributed by atoms with Crippen molar-refractivity contribution in [1.82, 2.24) is 4.90 Å². The molecule has 1 fully saturated rings. The molecule has 1 atom stereocenters. The first-order valence-electron chi connectivity index (χ1n) is 8.98. The van der Waals surface area contributed by atoms with E-state index in [0.29, 0.717) is 45.4 Å². The van der Waals surface area contributed by atoms with Gasteiger partial charge in [0.25, 0.3) is 5.91 Å². The van der Waals surface area contributed by atoms with E-state index >= 15 is 0 Å². The first-order valence-corrected chi connectivity index (χ1v) is 8.98. The fraction of sp³-hybridized carbons (Fsp3) is 0.526. The average Bonchev–Trinajstić information content (AvgIpc) is 3.12.